The van der Waals surface area contributed by atoms with Crippen LogP contribution < -0.4 is 5.73 Å². The average molecular weight is 282 g/mol. The monoisotopic (exact) mass is 282 g/mol. The minimum Gasteiger partial charge on any atom is -0.409 e. The molecule has 1 fully saturated rings. The lowest BCUT2D eigenvalue weighted by Crippen LogP contribution is -2.53. The predicted octanol–water partition coefficient (Wildman–Crippen LogP) is 1.39. The fraction of sp³-hybridized carbons (Fsp3) is 0.615. The molecule has 0 spiro atoms. The zero-order valence-corrected chi connectivity index (χ0v) is 12.1. The van der Waals surface area contributed by atoms with E-state index < -0.39 is 0 Å². The molecule has 5 nitrogen and oxygen atoms in total. The number of hydrogen-bond acceptors (Lipinski definition) is 5. The van der Waals surface area contributed by atoms with Gasteiger partial charge in [0.05, 0.1) is 6.04 Å². The van der Waals surface area contributed by atoms with E-state index in [9.17, 15) is 0 Å². The van der Waals surface area contributed by atoms with Crippen molar-refractivity contribution in [1.29, 1.82) is 0 Å². The van der Waals surface area contributed by atoms with Gasteiger partial charge in [-0.05, 0) is 28.8 Å². The SMILES string of the molecule is CCC(C(N)=NO)N1CCN(Cc2ccsc2)CC1. The van der Waals surface area contributed by atoms with Gasteiger partial charge in [0.15, 0.2) is 5.84 Å². The van der Waals surface area contributed by atoms with E-state index in [4.69, 9.17) is 10.9 Å². The van der Waals surface area contributed by atoms with Gasteiger partial charge in [-0.2, -0.15) is 11.3 Å². The second kappa shape index (κ2) is 6.88. The maximum atomic E-state index is 8.82. The van der Waals surface area contributed by atoms with E-state index in [2.05, 4.69) is 38.7 Å². The lowest BCUT2D eigenvalue weighted by Gasteiger charge is -2.38. The summed E-state index contributed by atoms with van der Waals surface area (Å²) >= 11 is 1.75. The molecule has 6 heteroatoms. The van der Waals surface area contributed by atoms with E-state index in [-0.39, 0.29) is 6.04 Å². The van der Waals surface area contributed by atoms with Crippen LogP contribution in [0.2, 0.25) is 0 Å². The van der Waals surface area contributed by atoms with Crippen molar-refractivity contribution in [3.63, 3.8) is 0 Å². The first-order valence-electron chi connectivity index (χ1n) is 6.69. The highest BCUT2D eigenvalue weighted by Gasteiger charge is 2.25. The molecule has 106 valence electrons. The normalized spacial score (nSPS) is 20.6. The molecule has 0 aromatic carbocycles. The lowest BCUT2D eigenvalue weighted by atomic mass is 10.1. The minimum absolute atomic E-state index is 0.0632. The van der Waals surface area contributed by atoms with Crippen LogP contribution in [0, 0.1) is 0 Å². The van der Waals surface area contributed by atoms with Crippen molar-refractivity contribution in [1.82, 2.24) is 9.80 Å². The Morgan fingerprint density at radius 1 is 1.47 bits per heavy atom. The van der Waals surface area contributed by atoms with Crippen LogP contribution in [0.25, 0.3) is 0 Å². The summed E-state index contributed by atoms with van der Waals surface area (Å²) in [6.45, 7) is 7.10. The molecule has 0 saturated carbocycles. The van der Waals surface area contributed by atoms with Gasteiger partial charge in [0, 0.05) is 32.7 Å². The van der Waals surface area contributed by atoms with Crippen LogP contribution in [-0.4, -0.2) is 53.1 Å². The van der Waals surface area contributed by atoms with Gasteiger partial charge in [-0.25, -0.2) is 0 Å². The smallest absolute Gasteiger partial charge is 0.156 e. The van der Waals surface area contributed by atoms with Crippen LogP contribution in [-0.2, 0) is 6.54 Å². The van der Waals surface area contributed by atoms with Gasteiger partial charge in [-0.15, -0.1) is 0 Å². The molecule has 1 aromatic heterocycles. The van der Waals surface area contributed by atoms with Crippen molar-refractivity contribution in [3.8, 4) is 0 Å². The molecule has 1 aliphatic heterocycles. The highest BCUT2D eigenvalue weighted by Crippen LogP contribution is 2.14. The number of hydrogen-bond donors (Lipinski definition) is 2. The molecule has 2 heterocycles. The maximum Gasteiger partial charge on any atom is 0.156 e. The quantitative estimate of drug-likeness (QED) is 0.371. The first-order chi connectivity index (χ1) is 9.24. The Morgan fingerprint density at radius 2 is 2.21 bits per heavy atom. The van der Waals surface area contributed by atoms with E-state index in [1.807, 2.05) is 0 Å². The standard InChI is InChI=1S/C13H22N4OS/c1-2-12(13(14)15-18)17-6-4-16(5-7-17)9-11-3-8-19-10-11/h3,8,10,12,18H,2,4-7,9H2,1H3,(H2,14,15). The Labute approximate surface area is 118 Å². The zero-order valence-electron chi connectivity index (χ0n) is 11.3. The topological polar surface area (TPSA) is 65.1 Å². The molecule has 2 rings (SSSR count). The number of nitrogens with zero attached hydrogens (tertiary/aromatic N) is 3. The lowest BCUT2D eigenvalue weighted by molar-refractivity contribution is 0.110. The molecule has 0 bridgehead atoms. The van der Waals surface area contributed by atoms with Crippen molar-refractivity contribution < 1.29 is 5.21 Å². The molecule has 1 aromatic rings. The summed E-state index contributed by atoms with van der Waals surface area (Å²) in [7, 11) is 0. The van der Waals surface area contributed by atoms with Crippen molar-refractivity contribution in [2.45, 2.75) is 25.9 Å². The van der Waals surface area contributed by atoms with Gasteiger partial charge in [0.1, 0.15) is 0 Å². The highest BCUT2D eigenvalue weighted by atomic mass is 32.1. The number of rotatable bonds is 5. The highest BCUT2D eigenvalue weighted by molar-refractivity contribution is 7.07. The first kappa shape index (κ1) is 14.3. The largest absolute Gasteiger partial charge is 0.409 e. The van der Waals surface area contributed by atoms with Gasteiger partial charge in [0.2, 0.25) is 0 Å². The van der Waals surface area contributed by atoms with E-state index >= 15 is 0 Å². The first-order valence-corrected chi connectivity index (χ1v) is 7.63. The average Bonchev–Trinajstić information content (AvgIpc) is 2.94. The summed E-state index contributed by atoms with van der Waals surface area (Å²) in [5.41, 5.74) is 7.14. The number of oxime groups is 1. The summed E-state index contributed by atoms with van der Waals surface area (Å²) in [6, 6.07) is 2.25. The summed E-state index contributed by atoms with van der Waals surface area (Å²) in [5.74, 6) is 0.328. The summed E-state index contributed by atoms with van der Waals surface area (Å²) in [4.78, 5) is 4.76. The van der Waals surface area contributed by atoms with Crippen molar-refractivity contribution in [3.05, 3.63) is 22.4 Å². The Balaban J connectivity index is 1.84. The van der Waals surface area contributed by atoms with E-state index in [1.165, 1.54) is 5.56 Å². The second-order valence-corrected chi connectivity index (χ2v) is 5.67. The van der Waals surface area contributed by atoms with Crippen molar-refractivity contribution in [2.75, 3.05) is 26.2 Å². The Morgan fingerprint density at radius 3 is 2.74 bits per heavy atom. The third-order valence-corrected chi connectivity index (χ3v) is 4.41. The Hall–Kier alpha value is -1.11. The zero-order chi connectivity index (χ0) is 13.7. The van der Waals surface area contributed by atoms with Crippen molar-refractivity contribution in [2.24, 2.45) is 10.9 Å². The third kappa shape index (κ3) is 3.68. The fourth-order valence-electron chi connectivity index (χ4n) is 2.59. The van der Waals surface area contributed by atoms with Gasteiger partial charge >= 0.3 is 0 Å². The number of piperazine rings is 1. The van der Waals surface area contributed by atoms with Gasteiger partial charge in [-0.1, -0.05) is 12.1 Å². The molecule has 3 N–H and O–H groups in total. The minimum atomic E-state index is 0.0632. The Bertz CT molecular complexity index is 399. The molecular weight excluding hydrogens is 260 g/mol. The number of amidine groups is 1. The summed E-state index contributed by atoms with van der Waals surface area (Å²) in [5, 5.41) is 16.3. The molecule has 19 heavy (non-hydrogen) atoms. The third-order valence-electron chi connectivity index (χ3n) is 3.68. The summed E-state index contributed by atoms with van der Waals surface area (Å²) < 4.78 is 0. The van der Waals surface area contributed by atoms with Gasteiger partial charge < -0.3 is 10.9 Å². The molecule has 1 saturated heterocycles. The second-order valence-electron chi connectivity index (χ2n) is 4.89. The molecular formula is C13H22N4OS. The number of thiophene rings is 1. The molecule has 1 aliphatic rings. The molecule has 1 atom stereocenters. The predicted molar refractivity (Wildman–Crippen MR) is 78.7 cm³/mol. The van der Waals surface area contributed by atoms with Crippen LogP contribution in [0.3, 0.4) is 0 Å². The van der Waals surface area contributed by atoms with Crippen LogP contribution in [0.5, 0.6) is 0 Å². The molecule has 0 radical (unpaired) electrons. The molecule has 0 aliphatic carbocycles. The Kier molecular flexibility index (Phi) is 5.18. The van der Waals surface area contributed by atoms with Crippen LogP contribution in [0.15, 0.2) is 22.0 Å². The molecule has 0 amide bonds. The van der Waals surface area contributed by atoms with Crippen LogP contribution >= 0.6 is 11.3 Å². The van der Waals surface area contributed by atoms with Gasteiger partial charge in [0.25, 0.3) is 0 Å². The van der Waals surface area contributed by atoms with Gasteiger partial charge in [-0.3, -0.25) is 9.80 Å². The van der Waals surface area contributed by atoms with E-state index in [1.54, 1.807) is 11.3 Å². The van der Waals surface area contributed by atoms with E-state index in [0.717, 1.165) is 39.1 Å². The van der Waals surface area contributed by atoms with Crippen LogP contribution in [0.4, 0.5) is 0 Å². The molecule has 1 unspecified atom stereocenters. The van der Waals surface area contributed by atoms with E-state index in [0.29, 0.717) is 5.84 Å². The fourth-order valence-corrected chi connectivity index (χ4v) is 3.25. The maximum absolute atomic E-state index is 8.82. The van der Waals surface area contributed by atoms with Crippen molar-refractivity contribution >= 4 is 17.2 Å². The number of nitrogens with two attached hydrogens (primary N) is 1. The summed E-state index contributed by atoms with van der Waals surface area (Å²) in [6.07, 6.45) is 0.875. The van der Waals surface area contributed by atoms with Crippen LogP contribution in [0.1, 0.15) is 18.9 Å².